The van der Waals surface area contributed by atoms with Crippen LogP contribution in [0.2, 0.25) is 0 Å². The lowest BCUT2D eigenvalue weighted by molar-refractivity contribution is -0.134. The highest BCUT2D eigenvalue weighted by atomic mass is 19.1. The van der Waals surface area contributed by atoms with Crippen molar-refractivity contribution in [1.29, 1.82) is 0 Å². The van der Waals surface area contributed by atoms with Crippen LogP contribution in [0.4, 0.5) is 4.39 Å². The molecule has 1 amide bonds. The Labute approximate surface area is 147 Å². The molecule has 1 aliphatic heterocycles. The number of aryl methyl sites for hydroxylation is 2. The van der Waals surface area contributed by atoms with Crippen LogP contribution in [0, 0.1) is 25.6 Å². The molecule has 1 saturated carbocycles. The van der Waals surface area contributed by atoms with Crippen LogP contribution in [0.15, 0.2) is 30.3 Å². The second kappa shape index (κ2) is 6.28. The molecule has 0 unspecified atom stereocenters. The molecular weight excluding hydrogens is 317 g/mol. The van der Waals surface area contributed by atoms with Crippen LogP contribution in [0.3, 0.4) is 0 Å². The molecule has 1 aliphatic carbocycles. The molecule has 2 fully saturated rings. The molecule has 2 heterocycles. The first-order valence-corrected chi connectivity index (χ1v) is 9.10. The Hall–Kier alpha value is -2.17. The average molecular weight is 341 g/mol. The van der Waals surface area contributed by atoms with Crippen molar-refractivity contribution in [3.05, 3.63) is 53.1 Å². The maximum atomic E-state index is 14.0. The molecule has 132 valence electrons. The van der Waals surface area contributed by atoms with Gasteiger partial charge in [0.05, 0.1) is 11.7 Å². The van der Waals surface area contributed by atoms with Gasteiger partial charge < -0.3 is 4.90 Å². The molecular formula is C20H24FN3O. The molecule has 1 saturated heterocycles. The third-order valence-electron chi connectivity index (χ3n) is 5.51. The third-order valence-corrected chi connectivity index (χ3v) is 5.51. The van der Waals surface area contributed by atoms with Crippen LogP contribution >= 0.6 is 0 Å². The van der Waals surface area contributed by atoms with E-state index in [1.165, 1.54) is 6.07 Å². The minimum Gasteiger partial charge on any atom is -0.340 e. The summed E-state index contributed by atoms with van der Waals surface area (Å²) in [5, 5.41) is 4.59. The van der Waals surface area contributed by atoms with Crippen molar-refractivity contribution >= 4 is 5.91 Å². The Kier molecular flexibility index (Phi) is 4.10. The fourth-order valence-corrected chi connectivity index (χ4v) is 4.19. The van der Waals surface area contributed by atoms with E-state index >= 15 is 0 Å². The van der Waals surface area contributed by atoms with Gasteiger partial charge in [-0.3, -0.25) is 9.48 Å². The zero-order valence-electron chi connectivity index (χ0n) is 14.8. The number of halogens is 1. The van der Waals surface area contributed by atoms with Gasteiger partial charge in [-0.15, -0.1) is 0 Å². The molecule has 1 aromatic heterocycles. The Balaban J connectivity index is 1.45. The van der Waals surface area contributed by atoms with Gasteiger partial charge in [0.15, 0.2) is 0 Å². The number of carbonyl (C=O) groups is 1. The number of hydrogen-bond acceptors (Lipinski definition) is 2. The van der Waals surface area contributed by atoms with Gasteiger partial charge in [-0.25, -0.2) is 4.39 Å². The zero-order chi connectivity index (χ0) is 17.6. The number of nitrogens with zero attached hydrogens (tertiary/aromatic N) is 3. The molecule has 25 heavy (non-hydrogen) atoms. The first-order valence-electron chi connectivity index (χ1n) is 9.10. The summed E-state index contributed by atoms with van der Waals surface area (Å²) in [5.74, 6) is -0.0275. The van der Waals surface area contributed by atoms with Gasteiger partial charge in [-0.1, -0.05) is 18.2 Å². The lowest BCUT2D eigenvalue weighted by Crippen LogP contribution is -2.42. The van der Waals surface area contributed by atoms with Crippen molar-refractivity contribution in [3.8, 4) is 0 Å². The topological polar surface area (TPSA) is 38.1 Å². The van der Waals surface area contributed by atoms with Gasteiger partial charge in [-0.05, 0) is 56.7 Å². The van der Waals surface area contributed by atoms with Crippen molar-refractivity contribution in [1.82, 2.24) is 14.7 Å². The van der Waals surface area contributed by atoms with E-state index < -0.39 is 0 Å². The van der Waals surface area contributed by atoms with E-state index in [0.29, 0.717) is 12.1 Å². The molecule has 0 N–H and O–H groups in total. The van der Waals surface area contributed by atoms with Crippen molar-refractivity contribution in [2.45, 2.75) is 45.1 Å². The summed E-state index contributed by atoms with van der Waals surface area (Å²) < 4.78 is 16.0. The van der Waals surface area contributed by atoms with E-state index in [-0.39, 0.29) is 29.6 Å². The van der Waals surface area contributed by atoms with Gasteiger partial charge in [0.1, 0.15) is 5.82 Å². The van der Waals surface area contributed by atoms with Gasteiger partial charge in [0.2, 0.25) is 5.91 Å². The second-order valence-electron chi connectivity index (χ2n) is 7.42. The lowest BCUT2D eigenvalue weighted by atomic mass is 10.0. The molecule has 4 nitrogen and oxygen atoms in total. The number of piperidine rings is 1. The van der Waals surface area contributed by atoms with E-state index in [1.54, 1.807) is 6.07 Å². The average Bonchev–Trinajstić information content (AvgIpc) is 3.32. The minimum absolute atomic E-state index is 0.0442. The second-order valence-corrected chi connectivity index (χ2v) is 7.42. The molecule has 2 aliphatic rings. The number of rotatable bonds is 3. The maximum Gasteiger partial charge on any atom is 0.226 e. The molecule has 1 aromatic carbocycles. The summed E-state index contributed by atoms with van der Waals surface area (Å²) in [4.78, 5) is 14.9. The van der Waals surface area contributed by atoms with Gasteiger partial charge in [0, 0.05) is 24.7 Å². The largest absolute Gasteiger partial charge is 0.340 e. The fraction of sp³-hybridized carbons (Fsp3) is 0.500. The van der Waals surface area contributed by atoms with Crippen molar-refractivity contribution in [2.75, 3.05) is 13.1 Å². The molecule has 2 aromatic rings. The summed E-state index contributed by atoms with van der Waals surface area (Å²) in [6, 6.07) is 9.16. The van der Waals surface area contributed by atoms with Crippen LogP contribution < -0.4 is 0 Å². The molecule has 3 atom stereocenters. The number of likely N-dealkylation sites (tertiary alicyclic amines) is 1. The summed E-state index contributed by atoms with van der Waals surface area (Å²) in [6.07, 6.45) is 2.81. The summed E-state index contributed by atoms with van der Waals surface area (Å²) in [7, 11) is 0. The van der Waals surface area contributed by atoms with E-state index in [9.17, 15) is 9.18 Å². The van der Waals surface area contributed by atoms with E-state index in [0.717, 1.165) is 37.2 Å². The standard InChI is InChI=1S/C20H24FN3O/c1-13-10-14(2)24(22-13)15-6-5-9-23(12-15)20(25)18-11-17(18)16-7-3-4-8-19(16)21/h3-4,7-8,10,15,17-18H,5-6,9,11-12H2,1-2H3/t15-,17+,18-/m1/s1. The first kappa shape index (κ1) is 16.3. The quantitative estimate of drug-likeness (QED) is 0.855. The number of amides is 1. The number of carbonyl (C=O) groups excluding carboxylic acids is 1. The molecule has 4 rings (SSSR count). The van der Waals surface area contributed by atoms with E-state index in [2.05, 4.69) is 22.8 Å². The Morgan fingerprint density at radius 3 is 2.80 bits per heavy atom. The van der Waals surface area contributed by atoms with Crippen molar-refractivity contribution < 1.29 is 9.18 Å². The van der Waals surface area contributed by atoms with Crippen LogP contribution in [-0.4, -0.2) is 33.7 Å². The Morgan fingerprint density at radius 1 is 1.28 bits per heavy atom. The van der Waals surface area contributed by atoms with Crippen LogP contribution in [-0.2, 0) is 4.79 Å². The normalized spacial score (nSPS) is 25.9. The van der Waals surface area contributed by atoms with Crippen molar-refractivity contribution in [2.24, 2.45) is 5.92 Å². The van der Waals surface area contributed by atoms with Gasteiger partial charge >= 0.3 is 0 Å². The molecule has 0 radical (unpaired) electrons. The SMILES string of the molecule is Cc1cc(C)n([C@@H]2CCCN(C(=O)[C@@H]3C[C@H]3c3ccccc3F)C2)n1. The third kappa shape index (κ3) is 3.08. The Bertz CT molecular complexity index is 800. The highest BCUT2D eigenvalue weighted by Crippen LogP contribution is 2.49. The smallest absolute Gasteiger partial charge is 0.226 e. The number of aromatic nitrogens is 2. The van der Waals surface area contributed by atoms with Gasteiger partial charge in [0.25, 0.3) is 0 Å². The zero-order valence-corrected chi connectivity index (χ0v) is 14.8. The van der Waals surface area contributed by atoms with Crippen molar-refractivity contribution in [3.63, 3.8) is 0 Å². The van der Waals surface area contributed by atoms with Gasteiger partial charge in [-0.2, -0.15) is 5.10 Å². The Morgan fingerprint density at radius 2 is 2.08 bits per heavy atom. The van der Waals surface area contributed by atoms with Crippen LogP contribution in [0.25, 0.3) is 0 Å². The van der Waals surface area contributed by atoms with E-state index in [1.807, 2.05) is 24.0 Å². The highest BCUT2D eigenvalue weighted by molar-refractivity contribution is 5.83. The molecule has 0 spiro atoms. The van der Waals surface area contributed by atoms with Crippen LogP contribution in [0.5, 0.6) is 0 Å². The molecule has 0 bridgehead atoms. The van der Waals surface area contributed by atoms with E-state index in [4.69, 9.17) is 0 Å². The first-order chi connectivity index (χ1) is 12.0. The summed E-state index contributed by atoms with van der Waals surface area (Å²) >= 11 is 0. The maximum absolute atomic E-state index is 14.0. The summed E-state index contributed by atoms with van der Waals surface area (Å²) in [6.45, 7) is 5.57. The highest BCUT2D eigenvalue weighted by Gasteiger charge is 2.47. The minimum atomic E-state index is -0.193. The monoisotopic (exact) mass is 341 g/mol. The lowest BCUT2D eigenvalue weighted by Gasteiger charge is -2.33. The molecule has 5 heteroatoms. The predicted octanol–water partition coefficient (Wildman–Crippen LogP) is 3.61. The predicted molar refractivity (Wildman–Crippen MR) is 93.8 cm³/mol. The number of benzene rings is 1. The fourth-order valence-electron chi connectivity index (χ4n) is 4.19. The van der Waals surface area contributed by atoms with Crippen LogP contribution in [0.1, 0.15) is 48.2 Å². The summed E-state index contributed by atoms with van der Waals surface area (Å²) in [5.41, 5.74) is 2.85. The number of hydrogen-bond donors (Lipinski definition) is 0.